The molecule has 30 nitrogen and oxygen atoms in total. The van der Waals surface area contributed by atoms with Crippen molar-refractivity contribution < 1.29 is 80.1 Å². The van der Waals surface area contributed by atoms with Crippen molar-refractivity contribution in [1.82, 2.24) is 54.5 Å². The summed E-state index contributed by atoms with van der Waals surface area (Å²) in [5, 5.41) is 10.4. The summed E-state index contributed by atoms with van der Waals surface area (Å²) >= 11 is 4.67. The number of aromatic nitrogens is 7. The van der Waals surface area contributed by atoms with Crippen LogP contribution in [-0.4, -0.2) is 160 Å². The van der Waals surface area contributed by atoms with Crippen LogP contribution in [0.5, 0.6) is 0 Å². The number of H-pyrrole nitrogens is 1. The van der Waals surface area contributed by atoms with Gasteiger partial charge in [0.25, 0.3) is 17.4 Å². The molecule has 0 radical (unpaired) electrons. The fraction of sp³-hybridized carbons (Fsp3) is 0.500. The molecule has 2 fully saturated rings. The maximum atomic E-state index is 14.6. The zero-order valence-corrected chi connectivity index (χ0v) is 49.7. The normalized spacial score (nSPS) is 19.5. The number of rotatable bonds is 28. The van der Waals surface area contributed by atoms with Crippen LogP contribution in [0.4, 0.5) is 25.5 Å². The van der Waals surface area contributed by atoms with E-state index in [1.807, 2.05) is 0 Å². The van der Waals surface area contributed by atoms with E-state index >= 15 is 0 Å². The number of imidazole rings is 1. The van der Waals surface area contributed by atoms with Gasteiger partial charge in [0.1, 0.15) is 55.9 Å². The van der Waals surface area contributed by atoms with Crippen LogP contribution < -0.4 is 26.8 Å². The summed E-state index contributed by atoms with van der Waals surface area (Å²) in [4.78, 5) is 142. The first-order valence-electron chi connectivity index (χ1n) is 27.4. The van der Waals surface area contributed by atoms with Crippen LogP contribution in [0.3, 0.4) is 0 Å². The fourth-order valence-corrected chi connectivity index (χ4v) is 11.2. The molecule has 3 aliphatic rings. The number of nitrogens with zero attached hydrogens (tertiary/aromatic N) is 8. The molecule has 4 aromatic heterocycles. The molecule has 8 rings (SSSR count). The third-order valence-electron chi connectivity index (χ3n) is 14.3. The molecule has 1 aliphatic carbocycles. The number of ether oxygens (including phenoxy) is 3. The van der Waals surface area contributed by atoms with Gasteiger partial charge in [0, 0.05) is 60.6 Å². The molecule has 0 spiro atoms. The lowest BCUT2D eigenvalue weighted by atomic mass is 10.0. The highest BCUT2D eigenvalue weighted by atomic mass is 32.5. The smallest absolute Gasteiger partial charge is 0.447 e. The summed E-state index contributed by atoms with van der Waals surface area (Å²) in [7, 11) is -1.32. The number of unbranched alkanes of at least 4 members (excludes halogenated alkanes) is 2. The number of carbonyl (C=O) groups is 7. The summed E-state index contributed by atoms with van der Waals surface area (Å²) in [5.41, 5.74) is 0.954. The van der Waals surface area contributed by atoms with Gasteiger partial charge in [0.2, 0.25) is 17.7 Å². The number of anilines is 2. The molecule has 0 bridgehead atoms. The van der Waals surface area contributed by atoms with E-state index in [1.54, 1.807) is 42.7 Å². The van der Waals surface area contributed by atoms with Crippen molar-refractivity contribution in [2.45, 2.75) is 115 Å². The Labute approximate surface area is 496 Å². The number of amides is 7. The largest absolute Gasteiger partial charge is 0.697 e. The molecule has 1 saturated heterocycles. The molecule has 1 saturated carbocycles. The minimum absolute atomic E-state index is 0.00438. The monoisotopic (exact) mass is 1260 g/mol. The Bertz CT molecular complexity index is 3450. The number of nitrogens with one attached hydrogen (secondary N) is 5. The minimum atomic E-state index is -4.09. The first-order chi connectivity index (χ1) is 41.0. The zero-order valence-electron chi connectivity index (χ0n) is 47.1. The van der Waals surface area contributed by atoms with E-state index < -0.39 is 92.8 Å². The van der Waals surface area contributed by atoms with E-state index in [9.17, 15) is 57.1 Å². The van der Waals surface area contributed by atoms with Gasteiger partial charge in [-0.2, -0.15) is 0 Å². The lowest BCUT2D eigenvalue weighted by molar-refractivity contribution is -0.137. The highest BCUT2D eigenvalue weighted by Gasteiger charge is 2.44. The molecule has 462 valence electrons. The maximum Gasteiger partial charge on any atom is 0.697 e. The van der Waals surface area contributed by atoms with E-state index in [0.29, 0.717) is 49.0 Å². The zero-order chi connectivity index (χ0) is 61.8. The topological polar surface area (TPSA) is 381 Å². The second-order valence-electron chi connectivity index (χ2n) is 20.9. The number of aromatic amines is 1. The number of fused-ring (bicyclic) bond motifs is 2. The molecule has 5 aromatic rings. The summed E-state index contributed by atoms with van der Waals surface area (Å²) in [6.45, 7) is 0.342. The van der Waals surface area contributed by atoms with Crippen LogP contribution >= 0.6 is 15.0 Å². The van der Waals surface area contributed by atoms with Gasteiger partial charge in [-0.25, -0.2) is 33.9 Å². The molecule has 34 heteroatoms. The summed E-state index contributed by atoms with van der Waals surface area (Å²) < 4.78 is 64.3. The predicted octanol–water partition coefficient (Wildman–Crippen LogP) is 4.50. The Morgan fingerprint density at radius 1 is 0.919 bits per heavy atom. The lowest BCUT2D eigenvalue weighted by Crippen LogP contribution is -2.53. The fourth-order valence-electron chi connectivity index (χ4n) is 9.78. The van der Waals surface area contributed by atoms with Crippen LogP contribution in [0, 0.1) is 17.7 Å². The van der Waals surface area contributed by atoms with Gasteiger partial charge < -0.3 is 63.5 Å². The third-order valence-corrected chi connectivity index (χ3v) is 15.9. The molecule has 8 atom stereocenters. The van der Waals surface area contributed by atoms with Crippen LogP contribution in [-0.2, 0) is 74.7 Å². The number of hydrogen-bond acceptors (Lipinski definition) is 20. The Morgan fingerprint density at radius 2 is 1.67 bits per heavy atom. The van der Waals surface area contributed by atoms with Gasteiger partial charge >= 0.3 is 27.2 Å². The Kier molecular flexibility index (Phi) is 21.9. The number of benzene rings is 1. The van der Waals surface area contributed by atoms with Crippen molar-refractivity contribution in [2.24, 2.45) is 11.8 Å². The standard InChI is InChI=1S/C52H64FN13O17P2S/c1-29(2)43(61-38(67)8-6-5-7-17-64-39(68)14-15-40(64)69)50(72)59-30(3)48(70)60-33-11-9-31(10-12-33)23-79-52(74)63(4)18-19-78-51(73)62-45-44-47(56-26-54-45)66(28-58-44)34-20-32(24-81-85(76,77)86)37(21-34)83-84(75)80-25-35-13-16-41(82-35)65-22-36(53)42-46(65)55-27-57-49(42)71/h9-12,14-15,22,26-30,32,34-35,37,41,43H,5-8,13,16-21,23-25H2,1-4H3,(H6-,54,55,56,57,59,60,61,62,67,70,71,72,73,76,77,86)/p+1/t30-,32+,34+,35-,37-,41+,43?/m0/s1. The average Bonchev–Trinajstić information content (AvgIpc) is 2.19. The molecular weight excluding hydrogens is 1190 g/mol. The minimum Gasteiger partial charge on any atom is -0.447 e. The van der Waals surface area contributed by atoms with Crippen molar-refractivity contribution in [3.8, 4) is 0 Å². The summed E-state index contributed by atoms with van der Waals surface area (Å²) in [6.07, 6.45) is 6.84. The molecule has 7 amide bonds. The molecular formula is C52H65FN13O17P2S+. The number of likely N-dealkylation sites (N-methyl/N-ethyl adjacent to an activating group) is 1. The van der Waals surface area contributed by atoms with E-state index in [1.165, 1.54) is 54.6 Å². The third kappa shape index (κ3) is 17.1. The molecule has 1 aromatic carbocycles. The number of halogens is 1. The van der Waals surface area contributed by atoms with Crippen molar-refractivity contribution in [1.29, 1.82) is 0 Å². The second kappa shape index (κ2) is 29.2. The van der Waals surface area contributed by atoms with Gasteiger partial charge in [-0.05, 0) is 80.9 Å². The van der Waals surface area contributed by atoms with Crippen LogP contribution in [0.1, 0.15) is 90.0 Å². The van der Waals surface area contributed by atoms with E-state index in [0.717, 1.165) is 11.1 Å². The first-order valence-corrected chi connectivity index (χ1v) is 31.1. The Hall–Kier alpha value is -7.54. The van der Waals surface area contributed by atoms with E-state index in [-0.39, 0.29) is 105 Å². The maximum absolute atomic E-state index is 14.6. The lowest BCUT2D eigenvalue weighted by Gasteiger charge is -2.24. The highest BCUT2D eigenvalue weighted by Crippen LogP contribution is 2.46. The van der Waals surface area contributed by atoms with Gasteiger partial charge in [-0.1, -0.05) is 32.4 Å². The van der Waals surface area contributed by atoms with Crippen molar-refractivity contribution in [3.05, 3.63) is 83.3 Å². The SMILES string of the molecule is CC(C)C(NC(=O)CCCCCN1C(=O)C=CC1=O)C(=O)N[C@@H](C)C(=O)Nc1ccc(COC(=O)N(C)CCOC(=O)Nc2ncnc3c2ncn3[C@@H]2C[C@H](COP(O)(O)=S)[C@@H](O[P+](=O)OC[C@@H]3CC[C@H](n4cc(F)c5c(=O)[nH]cnc54)O3)C2)cc1. The Balaban J connectivity index is 0.736. The predicted molar refractivity (Wildman–Crippen MR) is 305 cm³/mol. The average molecular weight is 1260 g/mol. The van der Waals surface area contributed by atoms with Gasteiger partial charge in [0.05, 0.1) is 31.9 Å². The summed E-state index contributed by atoms with van der Waals surface area (Å²) in [5.74, 6) is -3.74. The van der Waals surface area contributed by atoms with Crippen LogP contribution in [0.2, 0.25) is 0 Å². The quantitative estimate of drug-likeness (QED) is 0.0206. The number of carbonyl (C=O) groups excluding carboxylic acids is 7. The molecule has 2 unspecified atom stereocenters. The van der Waals surface area contributed by atoms with Crippen LogP contribution in [0.15, 0.2) is 66.4 Å². The number of imide groups is 1. The highest BCUT2D eigenvalue weighted by molar-refractivity contribution is 8.06. The van der Waals surface area contributed by atoms with Crippen molar-refractivity contribution in [3.63, 3.8) is 0 Å². The van der Waals surface area contributed by atoms with Crippen molar-refractivity contribution in [2.75, 3.05) is 50.6 Å². The Morgan fingerprint density at radius 3 is 2.41 bits per heavy atom. The van der Waals surface area contributed by atoms with Gasteiger partial charge in [0.15, 0.2) is 28.4 Å². The van der Waals surface area contributed by atoms with Gasteiger partial charge in [-0.15, -0.1) is 9.05 Å². The first kappa shape index (κ1) is 64.5. The molecule has 2 aliphatic heterocycles. The van der Waals surface area contributed by atoms with Gasteiger partial charge in [-0.3, -0.25) is 39.0 Å². The second-order valence-corrected chi connectivity index (χ2v) is 24.5. The summed E-state index contributed by atoms with van der Waals surface area (Å²) in [6, 6.07) is 4.12. The van der Waals surface area contributed by atoms with Crippen LogP contribution in [0.25, 0.3) is 22.2 Å². The van der Waals surface area contributed by atoms with E-state index in [2.05, 4.69) is 58.0 Å². The molecule has 7 N–H and O–H groups in total. The number of hydrogen-bond donors (Lipinski definition) is 7. The molecule has 86 heavy (non-hydrogen) atoms. The van der Waals surface area contributed by atoms with E-state index in [4.69, 9.17) is 27.8 Å². The van der Waals surface area contributed by atoms with Crippen molar-refractivity contribution >= 4 is 102 Å². The molecule has 6 heterocycles.